The number of amides is 1. The monoisotopic (exact) mass is 356 g/mol. The van der Waals surface area contributed by atoms with Crippen LogP contribution in [0.1, 0.15) is 23.5 Å². The van der Waals surface area contributed by atoms with E-state index in [9.17, 15) is 9.90 Å². The Labute approximate surface area is 155 Å². The van der Waals surface area contributed by atoms with E-state index >= 15 is 0 Å². The third-order valence-corrected chi connectivity index (χ3v) is 4.89. The Morgan fingerprint density at radius 2 is 1.74 bits per heavy atom. The average Bonchev–Trinajstić information content (AvgIpc) is 3.13. The molecule has 0 saturated carbocycles. The van der Waals surface area contributed by atoms with Gasteiger partial charge in [-0.25, -0.2) is 0 Å². The molecule has 2 N–H and O–H groups in total. The van der Waals surface area contributed by atoms with Crippen molar-refractivity contribution in [3.63, 3.8) is 0 Å². The number of aromatic nitrogens is 3. The number of benzene rings is 3. The van der Waals surface area contributed by atoms with Crippen molar-refractivity contribution in [2.24, 2.45) is 0 Å². The summed E-state index contributed by atoms with van der Waals surface area (Å²) in [6, 6.07) is 20.5. The summed E-state index contributed by atoms with van der Waals surface area (Å²) in [6.45, 7) is 0. The Balaban J connectivity index is 1.71. The summed E-state index contributed by atoms with van der Waals surface area (Å²) in [5.74, 6) is 0.0295. The van der Waals surface area contributed by atoms with E-state index in [1.54, 1.807) is 16.9 Å². The normalized spacial score (nSPS) is 16.1. The Morgan fingerprint density at radius 3 is 2.52 bits per heavy atom. The van der Waals surface area contributed by atoms with Crippen molar-refractivity contribution in [2.45, 2.75) is 12.3 Å². The number of carbonyl (C=O) groups is 1. The number of rotatable bonds is 2. The standard InChI is InChI=1S/C21H16N4O2/c26-15-8-6-13(7-9-15)16-12-19(27)22-17-10-11-18-21(20(16)17)24-25(23-18)14-4-2-1-3-5-14/h1-11,16,26H,12H2,(H,22,27)/t16-/m1/s1. The third kappa shape index (κ3) is 2.62. The Morgan fingerprint density at radius 1 is 0.963 bits per heavy atom. The molecule has 27 heavy (non-hydrogen) atoms. The first-order valence-corrected chi connectivity index (χ1v) is 8.73. The van der Waals surface area contributed by atoms with Gasteiger partial charge in [0.05, 0.1) is 5.69 Å². The fourth-order valence-electron chi connectivity index (χ4n) is 3.62. The quantitative estimate of drug-likeness (QED) is 0.575. The molecule has 0 bridgehead atoms. The van der Waals surface area contributed by atoms with Gasteiger partial charge in [-0.2, -0.15) is 4.80 Å². The molecule has 1 aliphatic rings. The van der Waals surface area contributed by atoms with Crippen molar-refractivity contribution in [3.8, 4) is 11.4 Å². The lowest BCUT2D eigenvalue weighted by Crippen LogP contribution is -2.23. The van der Waals surface area contributed by atoms with E-state index in [0.717, 1.165) is 33.5 Å². The summed E-state index contributed by atoms with van der Waals surface area (Å²) in [5, 5.41) is 21.9. The van der Waals surface area contributed by atoms with Gasteiger partial charge in [0.1, 0.15) is 16.8 Å². The van der Waals surface area contributed by atoms with Gasteiger partial charge in [-0.15, -0.1) is 10.2 Å². The van der Waals surface area contributed by atoms with Gasteiger partial charge in [-0.1, -0.05) is 30.3 Å². The van der Waals surface area contributed by atoms with Gasteiger partial charge in [-0.3, -0.25) is 4.79 Å². The minimum atomic E-state index is -0.140. The number of nitrogens with one attached hydrogen (secondary N) is 1. The number of hydrogen-bond acceptors (Lipinski definition) is 4. The summed E-state index contributed by atoms with van der Waals surface area (Å²) in [5.41, 5.74) is 5.11. The molecule has 6 nitrogen and oxygen atoms in total. The molecule has 5 rings (SSSR count). The van der Waals surface area contributed by atoms with Gasteiger partial charge >= 0.3 is 0 Å². The second-order valence-corrected chi connectivity index (χ2v) is 6.62. The smallest absolute Gasteiger partial charge is 0.225 e. The minimum absolute atomic E-state index is 0.0321. The van der Waals surface area contributed by atoms with Crippen LogP contribution in [0.25, 0.3) is 16.7 Å². The van der Waals surface area contributed by atoms with Crippen LogP contribution in [-0.4, -0.2) is 26.0 Å². The molecule has 132 valence electrons. The highest BCUT2D eigenvalue weighted by Crippen LogP contribution is 2.41. The molecule has 0 spiro atoms. The van der Waals surface area contributed by atoms with Crippen molar-refractivity contribution < 1.29 is 9.90 Å². The number of phenols is 1. The molecule has 3 aromatic carbocycles. The van der Waals surface area contributed by atoms with Crippen molar-refractivity contribution in [1.29, 1.82) is 0 Å². The molecule has 4 aromatic rings. The van der Waals surface area contributed by atoms with Crippen LogP contribution in [0.15, 0.2) is 66.7 Å². The molecule has 0 unspecified atom stereocenters. The van der Waals surface area contributed by atoms with Crippen LogP contribution in [-0.2, 0) is 4.79 Å². The van der Waals surface area contributed by atoms with Crippen LogP contribution in [0, 0.1) is 0 Å². The highest BCUT2D eigenvalue weighted by Gasteiger charge is 2.30. The van der Waals surface area contributed by atoms with E-state index in [4.69, 9.17) is 5.10 Å². The zero-order valence-corrected chi connectivity index (χ0v) is 14.3. The molecular weight excluding hydrogens is 340 g/mol. The van der Waals surface area contributed by atoms with Gasteiger partial charge in [0.25, 0.3) is 0 Å². The second kappa shape index (κ2) is 5.95. The van der Waals surface area contributed by atoms with Gasteiger partial charge in [-0.05, 0) is 42.0 Å². The Kier molecular flexibility index (Phi) is 3.43. The van der Waals surface area contributed by atoms with E-state index < -0.39 is 0 Å². The molecule has 1 atom stereocenters. The maximum Gasteiger partial charge on any atom is 0.225 e. The van der Waals surface area contributed by atoms with Crippen molar-refractivity contribution >= 4 is 22.6 Å². The number of para-hydroxylation sites is 1. The highest BCUT2D eigenvalue weighted by atomic mass is 16.3. The Bertz CT molecular complexity index is 1150. The minimum Gasteiger partial charge on any atom is -0.508 e. The number of nitrogens with zero attached hydrogens (tertiary/aromatic N) is 3. The summed E-state index contributed by atoms with van der Waals surface area (Å²) in [6.07, 6.45) is 0.328. The lowest BCUT2D eigenvalue weighted by Gasteiger charge is -2.26. The van der Waals surface area contributed by atoms with Crippen LogP contribution in [0.3, 0.4) is 0 Å². The summed E-state index contributed by atoms with van der Waals surface area (Å²) >= 11 is 0. The van der Waals surface area contributed by atoms with E-state index in [-0.39, 0.29) is 17.6 Å². The predicted octanol–water partition coefficient (Wildman–Crippen LogP) is 3.60. The second-order valence-electron chi connectivity index (χ2n) is 6.62. The fourth-order valence-corrected chi connectivity index (χ4v) is 3.62. The van der Waals surface area contributed by atoms with Crippen molar-refractivity contribution in [3.05, 3.63) is 77.9 Å². The third-order valence-electron chi connectivity index (χ3n) is 4.89. The topological polar surface area (TPSA) is 80.0 Å². The maximum absolute atomic E-state index is 12.2. The molecule has 1 amide bonds. The molecule has 0 fully saturated rings. The molecule has 0 radical (unpaired) electrons. The predicted molar refractivity (Wildman–Crippen MR) is 102 cm³/mol. The van der Waals surface area contributed by atoms with E-state index in [2.05, 4.69) is 10.4 Å². The SMILES string of the molecule is O=C1C[C@H](c2ccc(O)cc2)c2c(ccc3nn(-c4ccccc4)nc23)N1. The number of fused-ring (bicyclic) bond motifs is 3. The van der Waals surface area contributed by atoms with Gasteiger partial charge in [0, 0.05) is 23.6 Å². The van der Waals surface area contributed by atoms with E-state index in [1.165, 1.54) is 0 Å². The fraction of sp³-hybridized carbons (Fsp3) is 0.0952. The zero-order valence-electron chi connectivity index (χ0n) is 14.3. The number of phenolic OH excluding ortho intramolecular Hbond substituents is 1. The van der Waals surface area contributed by atoms with E-state index in [0.29, 0.717) is 6.42 Å². The molecule has 1 aliphatic heterocycles. The van der Waals surface area contributed by atoms with Crippen LogP contribution in [0.2, 0.25) is 0 Å². The number of hydrogen-bond donors (Lipinski definition) is 2. The summed E-state index contributed by atoms with van der Waals surface area (Å²) in [7, 11) is 0. The lowest BCUT2D eigenvalue weighted by molar-refractivity contribution is -0.116. The molecule has 0 saturated heterocycles. The largest absolute Gasteiger partial charge is 0.508 e. The van der Waals surface area contributed by atoms with Gasteiger partial charge in [0.15, 0.2) is 0 Å². The average molecular weight is 356 g/mol. The molecule has 1 aromatic heterocycles. The number of carbonyl (C=O) groups excluding carboxylic acids is 1. The van der Waals surface area contributed by atoms with Crippen LogP contribution in [0.5, 0.6) is 5.75 Å². The molecule has 6 heteroatoms. The number of anilines is 1. The first kappa shape index (κ1) is 15.6. The lowest BCUT2D eigenvalue weighted by atomic mass is 9.84. The molecule has 2 heterocycles. The Hall–Kier alpha value is -3.67. The van der Waals surface area contributed by atoms with E-state index in [1.807, 2.05) is 54.6 Å². The van der Waals surface area contributed by atoms with Crippen LogP contribution >= 0.6 is 0 Å². The summed E-state index contributed by atoms with van der Waals surface area (Å²) < 4.78 is 0. The van der Waals surface area contributed by atoms with Crippen molar-refractivity contribution in [1.82, 2.24) is 15.0 Å². The first-order valence-electron chi connectivity index (χ1n) is 8.73. The highest BCUT2D eigenvalue weighted by molar-refractivity contribution is 5.99. The zero-order chi connectivity index (χ0) is 18.4. The maximum atomic E-state index is 12.2. The van der Waals surface area contributed by atoms with Crippen LogP contribution < -0.4 is 5.32 Å². The molecular formula is C21H16N4O2. The molecule has 0 aliphatic carbocycles. The van der Waals surface area contributed by atoms with Crippen molar-refractivity contribution in [2.75, 3.05) is 5.32 Å². The first-order chi connectivity index (χ1) is 13.2. The van der Waals surface area contributed by atoms with Crippen LogP contribution in [0.4, 0.5) is 5.69 Å². The van der Waals surface area contributed by atoms with Gasteiger partial charge < -0.3 is 10.4 Å². The summed E-state index contributed by atoms with van der Waals surface area (Å²) in [4.78, 5) is 13.9. The van der Waals surface area contributed by atoms with Gasteiger partial charge in [0.2, 0.25) is 5.91 Å². The number of aromatic hydroxyl groups is 1.